The number of nitrogens with one attached hydrogen (secondary N) is 4. The average Bonchev–Trinajstić information content (AvgIpc) is 4.02. The van der Waals surface area contributed by atoms with Crippen molar-refractivity contribution in [3.63, 3.8) is 0 Å². The van der Waals surface area contributed by atoms with Crippen molar-refractivity contribution in [3.8, 4) is 5.75 Å². The topological polar surface area (TPSA) is 136 Å². The van der Waals surface area contributed by atoms with Gasteiger partial charge in [-0.3, -0.25) is 14.3 Å². The summed E-state index contributed by atoms with van der Waals surface area (Å²) in [4.78, 5) is 31.3. The molecule has 14 heteroatoms. The molecule has 1 saturated heterocycles. The molecule has 12 nitrogen and oxygen atoms in total. The van der Waals surface area contributed by atoms with Gasteiger partial charge in [-0.2, -0.15) is 4.98 Å². The molecule has 1 aliphatic heterocycles. The Morgan fingerprint density at radius 1 is 1.00 bits per heavy atom. The van der Waals surface area contributed by atoms with Gasteiger partial charge in [0.2, 0.25) is 5.95 Å². The normalized spacial score (nSPS) is 14.8. The Balaban J connectivity index is 1.18. The van der Waals surface area contributed by atoms with Crippen LogP contribution < -0.4 is 41.4 Å². The number of anilines is 6. The standard InChI is InChI=1S/C39H44BrN10O2P/c1-42-22-25(21-41)27-19-32(34(52-3)20-33(27)49-15-17-50(18-16-49)35-7-6-8-36(51)48(35)2)46-39-43-23-28(40)38(47-39)45-31-14-13-30-26(37(31)53(4)5)11-12-29(44-30)24-9-10-24/h6-8,11-14,19-24,41-42H,9-10,15-18H2,1-5H3,(H2,43,45,46,47)/b25-22+,41-21?. The molecule has 2 fully saturated rings. The lowest BCUT2D eigenvalue weighted by molar-refractivity contribution is 0.416. The van der Waals surface area contributed by atoms with Gasteiger partial charge >= 0.3 is 0 Å². The first kappa shape index (κ1) is 36.4. The minimum atomic E-state index is -0.469. The van der Waals surface area contributed by atoms with Crippen molar-refractivity contribution in [3.05, 3.63) is 93.1 Å². The summed E-state index contributed by atoms with van der Waals surface area (Å²) in [5.74, 6) is 3.13. The van der Waals surface area contributed by atoms with E-state index in [-0.39, 0.29) is 5.56 Å². The van der Waals surface area contributed by atoms with E-state index >= 15 is 0 Å². The maximum absolute atomic E-state index is 12.3. The number of piperazine rings is 1. The largest absolute Gasteiger partial charge is 0.494 e. The molecule has 274 valence electrons. The van der Waals surface area contributed by atoms with Crippen molar-refractivity contribution in [2.75, 3.05) is 74.1 Å². The summed E-state index contributed by atoms with van der Waals surface area (Å²) in [6.07, 6.45) is 7.34. The van der Waals surface area contributed by atoms with Gasteiger partial charge in [0.05, 0.1) is 22.8 Å². The van der Waals surface area contributed by atoms with Crippen LogP contribution in [0.4, 0.5) is 34.6 Å². The third-order valence-electron chi connectivity index (χ3n) is 9.74. The highest BCUT2D eigenvalue weighted by Gasteiger charge is 2.26. The summed E-state index contributed by atoms with van der Waals surface area (Å²) >= 11 is 3.67. The number of allylic oxidation sites excluding steroid dienone is 1. The highest BCUT2D eigenvalue weighted by Crippen LogP contribution is 2.42. The fourth-order valence-corrected chi connectivity index (χ4v) is 8.46. The molecule has 4 heterocycles. The van der Waals surface area contributed by atoms with Crippen LogP contribution in [0.2, 0.25) is 0 Å². The second kappa shape index (κ2) is 15.5. The molecule has 3 aromatic heterocycles. The quantitative estimate of drug-likeness (QED) is 0.0793. The molecule has 0 bridgehead atoms. The molecular formula is C39H44BrN10O2P. The minimum absolute atomic E-state index is 0.0279. The minimum Gasteiger partial charge on any atom is -0.494 e. The van der Waals surface area contributed by atoms with E-state index in [9.17, 15) is 4.79 Å². The van der Waals surface area contributed by atoms with Crippen LogP contribution in [0.3, 0.4) is 0 Å². The number of hydrogen-bond acceptors (Lipinski definition) is 11. The highest BCUT2D eigenvalue weighted by molar-refractivity contribution is 9.10. The lowest BCUT2D eigenvalue weighted by Crippen LogP contribution is -2.48. The van der Waals surface area contributed by atoms with Crippen LogP contribution in [0.5, 0.6) is 5.75 Å². The van der Waals surface area contributed by atoms with Crippen LogP contribution in [-0.2, 0) is 7.05 Å². The Bertz CT molecular complexity index is 2260. The average molecular weight is 796 g/mol. The van der Waals surface area contributed by atoms with Gasteiger partial charge in [0.1, 0.15) is 17.4 Å². The van der Waals surface area contributed by atoms with Gasteiger partial charge in [0.25, 0.3) is 5.56 Å². The lowest BCUT2D eigenvalue weighted by atomic mass is 10.0. The number of ether oxygens (including phenoxy) is 1. The Morgan fingerprint density at radius 2 is 1.77 bits per heavy atom. The molecule has 7 rings (SSSR count). The first-order valence-electron chi connectivity index (χ1n) is 17.6. The van der Waals surface area contributed by atoms with E-state index in [2.05, 4.69) is 84.3 Å². The Labute approximate surface area is 319 Å². The van der Waals surface area contributed by atoms with Crippen molar-refractivity contribution >= 4 is 86.5 Å². The summed E-state index contributed by atoms with van der Waals surface area (Å²) < 4.78 is 8.36. The smallest absolute Gasteiger partial charge is 0.251 e. The van der Waals surface area contributed by atoms with Gasteiger partial charge in [0.15, 0.2) is 0 Å². The van der Waals surface area contributed by atoms with Crippen LogP contribution >= 0.6 is 23.9 Å². The number of pyridine rings is 2. The molecule has 0 atom stereocenters. The maximum atomic E-state index is 12.3. The molecular weight excluding hydrogens is 751 g/mol. The van der Waals surface area contributed by atoms with E-state index in [1.807, 2.05) is 31.4 Å². The summed E-state index contributed by atoms with van der Waals surface area (Å²) in [6, 6.07) is 18.0. The molecule has 0 spiro atoms. The first-order valence-corrected chi connectivity index (χ1v) is 20.7. The number of benzene rings is 2. The number of aromatic nitrogens is 4. The number of rotatable bonds is 12. The van der Waals surface area contributed by atoms with Crippen LogP contribution in [0.25, 0.3) is 16.5 Å². The maximum Gasteiger partial charge on any atom is 0.251 e. The Kier molecular flexibility index (Phi) is 10.7. The van der Waals surface area contributed by atoms with E-state index in [4.69, 9.17) is 20.1 Å². The molecule has 5 aromatic rings. The molecule has 1 aliphatic carbocycles. The van der Waals surface area contributed by atoms with Crippen LogP contribution in [0.15, 0.2) is 76.3 Å². The fraction of sp³-hybridized carbons (Fsp3) is 0.308. The zero-order valence-corrected chi connectivity index (χ0v) is 33.1. The highest BCUT2D eigenvalue weighted by atomic mass is 79.9. The zero-order valence-electron chi connectivity index (χ0n) is 30.6. The zero-order chi connectivity index (χ0) is 37.2. The van der Waals surface area contributed by atoms with E-state index in [0.29, 0.717) is 47.8 Å². The van der Waals surface area contributed by atoms with E-state index in [0.717, 1.165) is 45.8 Å². The number of methoxy groups -OCH3 is 1. The number of halogens is 1. The molecule has 53 heavy (non-hydrogen) atoms. The Hall–Kier alpha value is -5.00. The van der Waals surface area contributed by atoms with Crippen molar-refractivity contribution in [1.82, 2.24) is 24.8 Å². The monoisotopic (exact) mass is 794 g/mol. The predicted molar refractivity (Wildman–Crippen MR) is 223 cm³/mol. The van der Waals surface area contributed by atoms with Crippen LogP contribution in [-0.4, -0.2) is 79.4 Å². The van der Waals surface area contributed by atoms with Gasteiger partial charge in [-0.25, -0.2) is 4.98 Å². The van der Waals surface area contributed by atoms with Gasteiger partial charge in [-0.05, 0) is 72.4 Å². The fourth-order valence-electron chi connectivity index (χ4n) is 6.88. The molecule has 1 saturated carbocycles. The van der Waals surface area contributed by atoms with Crippen molar-refractivity contribution in [2.24, 2.45) is 7.05 Å². The predicted octanol–water partition coefficient (Wildman–Crippen LogP) is 6.76. The van der Waals surface area contributed by atoms with Gasteiger partial charge < -0.3 is 35.9 Å². The molecule has 0 radical (unpaired) electrons. The lowest BCUT2D eigenvalue weighted by Gasteiger charge is -2.38. The van der Waals surface area contributed by atoms with Crippen LogP contribution in [0, 0.1) is 5.41 Å². The number of fused-ring (bicyclic) bond motifs is 1. The van der Waals surface area contributed by atoms with Crippen molar-refractivity contribution in [2.45, 2.75) is 18.8 Å². The molecule has 2 aliphatic rings. The van der Waals surface area contributed by atoms with Crippen molar-refractivity contribution in [1.29, 1.82) is 5.41 Å². The van der Waals surface area contributed by atoms with E-state index in [1.165, 1.54) is 35.4 Å². The molecule has 2 aromatic carbocycles. The number of nitrogens with zero attached hydrogens (tertiary/aromatic N) is 6. The van der Waals surface area contributed by atoms with Gasteiger partial charge in [-0.15, -0.1) is 0 Å². The van der Waals surface area contributed by atoms with Crippen LogP contribution in [0.1, 0.15) is 30.0 Å². The third-order valence-corrected chi connectivity index (χ3v) is 11.7. The molecule has 0 unspecified atom stereocenters. The summed E-state index contributed by atoms with van der Waals surface area (Å²) in [7, 11) is 4.80. The van der Waals surface area contributed by atoms with Crippen molar-refractivity contribution < 1.29 is 4.74 Å². The second-order valence-electron chi connectivity index (χ2n) is 13.4. The van der Waals surface area contributed by atoms with E-state index < -0.39 is 7.92 Å². The van der Waals surface area contributed by atoms with E-state index in [1.54, 1.807) is 37.1 Å². The Morgan fingerprint density at radius 3 is 2.47 bits per heavy atom. The summed E-state index contributed by atoms with van der Waals surface area (Å²) in [5.41, 5.74) is 6.35. The first-order chi connectivity index (χ1) is 25.7. The SMILES string of the molecule is CN/C=C(\C=N)c1cc(Nc2ncc(Br)c(Nc3ccc4nc(C5CC5)ccc4c3P(C)C)n2)c(OC)cc1N1CCN(c2cccc(=O)n2C)CC1. The third kappa shape index (κ3) is 7.59. The summed E-state index contributed by atoms with van der Waals surface area (Å²) in [5, 5.41) is 20.8. The molecule has 0 amide bonds. The molecule has 4 N–H and O–H groups in total. The summed E-state index contributed by atoms with van der Waals surface area (Å²) in [6.45, 7) is 7.41. The second-order valence-corrected chi connectivity index (χ2v) is 16.5. The number of hydrogen-bond donors (Lipinski definition) is 4. The van der Waals surface area contributed by atoms with Gasteiger partial charge in [-0.1, -0.05) is 20.1 Å². The van der Waals surface area contributed by atoms with Gasteiger partial charge in [0, 0.05) is 116 Å².